The monoisotopic (exact) mass is 329 g/mol. The number of carbonyl (C=O) groups is 1. The first-order valence-electron chi connectivity index (χ1n) is 7.95. The molecule has 24 heavy (non-hydrogen) atoms. The highest BCUT2D eigenvalue weighted by atomic mass is 19.1. The van der Waals surface area contributed by atoms with Gasteiger partial charge in [-0.3, -0.25) is 4.79 Å². The first-order valence-corrected chi connectivity index (χ1v) is 7.95. The van der Waals surface area contributed by atoms with Crippen LogP contribution in [0.2, 0.25) is 0 Å². The largest absolute Gasteiger partial charge is 0.325 e. The van der Waals surface area contributed by atoms with Gasteiger partial charge in [-0.25, -0.2) is 4.39 Å². The molecule has 0 aromatic heterocycles. The lowest BCUT2D eigenvalue weighted by Gasteiger charge is -2.25. The van der Waals surface area contributed by atoms with Crippen molar-refractivity contribution in [3.63, 3.8) is 0 Å². The predicted octanol–water partition coefficient (Wildman–Crippen LogP) is 2.97. The van der Waals surface area contributed by atoms with Crippen LogP contribution in [0.3, 0.4) is 0 Å². The van der Waals surface area contributed by atoms with Crippen molar-refractivity contribution in [1.82, 2.24) is 10.2 Å². The molecule has 4 nitrogen and oxygen atoms in total. The number of aryl methyl sites for hydroxylation is 1. The number of hydrogen-bond acceptors (Lipinski definition) is 3. The maximum atomic E-state index is 13.5. The topological polar surface area (TPSA) is 44.4 Å². The van der Waals surface area contributed by atoms with E-state index in [2.05, 4.69) is 27.7 Å². The smallest absolute Gasteiger partial charge is 0.238 e. The lowest BCUT2D eigenvalue weighted by atomic mass is 10.1. The number of nitrogens with one attached hydrogen (secondary N) is 2. The Hall–Kier alpha value is -2.24. The van der Waals surface area contributed by atoms with Crippen molar-refractivity contribution in [2.75, 3.05) is 32.5 Å². The first kappa shape index (κ1) is 18.1. The van der Waals surface area contributed by atoms with Crippen LogP contribution in [-0.2, 0) is 4.79 Å². The van der Waals surface area contributed by atoms with E-state index in [0.29, 0.717) is 17.8 Å². The number of benzene rings is 2. The minimum atomic E-state index is -0.322. The summed E-state index contributed by atoms with van der Waals surface area (Å²) in [6.45, 7) is 2.51. The molecular formula is C19H24FN3O. The minimum Gasteiger partial charge on any atom is -0.325 e. The van der Waals surface area contributed by atoms with Crippen molar-refractivity contribution in [2.45, 2.75) is 13.0 Å². The summed E-state index contributed by atoms with van der Waals surface area (Å²) in [7, 11) is 4.02. The Morgan fingerprint density at radius 2 is 1.88 bits per heavy atom. The molecule has 0 unspecified atom stereocenters. The number of anilines is 1. The average molecular weight is 329 g/mol. The van der Waals surface area contributed by atoms with Gasteiger partial charge in [0.05, 0.1) is 6.54 Å². The van der Waals surface area contributed by atoms with E-state index in [-0.39, 0.29) is 24.3 Å². The van der Waals surface area contributed by atoms with E-state index in [1.807, 2.05) is 32.3 Å². The molecule has 0 radical (unpaired) electrons. The normalized spacial score (nSPS) is 12.2. The van der Waals surface area contributed by atoms with E-state index >= 15 is 0 Å². The minimum absolute atomic E-state index is 0.173. The lowest BCUT2D eigenvalue weighted by Crippen LogP contribution is -2.35. The number of rotatable bonds is 7. The van der Waals surface area contributed by atoms with Crippen LogP contribution in [0.4, 0.5) is 10.1 Å². The van der Waals surface area contributed by atoms with Crippen molar-refractivity contribution in [3.8, 4) is 0 Å². The quantitative estimate of drug-likeness (QED) is 0.821. The molecule has 2 aromatic carbocycles. The second-order valence-corrected chi connectivity index (χ2v) is 6.03. The van der Waals surface area contributed by atoms with Crippen LogP contribution in [0.15, 0.2) is 48.5 Å². The molecule has 0 spiro atoms. The Bertz CT molecular complexity index is 674. The Balaban J connectivity index is 1.85. The third kappa shape index (κ3) is 5.15. The molecule has 0 aliphatic carbocycles. The number of hydrogen-bond donors (Lipinski definition) is 2. The van der Waals surface area contributed by atoms with E-state index < -0.39 is 0 Å². The number of nitrogens with zero attached hydrogens (tertiary/aromatic N) is 1. The Labute approximate surface area is 142 Å². The highest BCUT2D eigenvalue weighted by Gasteiger charge is 2.14. The van der Waals surface area contributed by atoms with Crippen LogP contribution >= 0.6 is 0 Å². The van der Waals surface area contributed by atoms with E-state index in [1.54, 1.807) is 19.1 Å². The van der Waals surface area contributed by atoms with Gasteiger partial charge in [-0.2, -0.15) is 0 Å². The van der Waals surface area contributed by atoms with Gasteiger partial charge >= 0.3 is 0 Å². The zero-order valence-electron chi connectivity index (χ0n) is 14.3. The van der Waals surface area contributed by atoms with Gasteiger partial charge in [0, 0.05) is 18.3 Å². The molecule has 0 heterocycles. The van der Waals surface area contributed by atoms with Gasteiger partial charge in [-0.15, -0.1) is 0 Å². The Kier molecular flexibility index (Phi) is 6.46. The van der Waals surface area contributed by atoms with Crippen molar-refractivity contribution >= 4 is 11.6 Å². The molecule has 0 fully saturated rings. The van der Waals surface area contributed by atoms with Crippen LogP contribution < -0.4 is 10.6 Å². The number of amides is 1. The van der Waals surface area contributed by atoms with Gasteiger partial charge in [0.25, 0.3) is 0 Å². The third-order valence-corrected chi connectivity index (χ3v) is 3.89. The summed E-state index contributed by atoms with van der Waals surface area (Å²) in [4.78, 5) is 14.1. The Morgan fingerprint density at radius 1 is 1.17 bits per heavy atom. The maximum absolute atomic E-state index is 13.5. The van der Waals surface area contributed by atoms with E-state index in [1.165, 1.54) is 11.6 Å². The summed E-state index contributed by atoms with van der Waals surface area (Å²) in [5, 5.41) is 5.86. The molecule has 5 heteroatoms. The second-order valence-electron chi connectivity index (χ2n) is 6.03. The van der Waals surface area contributed by atoms with Crippen molar-refractivity contribution < 1.29 is 9.18 Å². The van der Waals surface area contributed by atoms with Gasteiger partial charge in [-0.1, -0.05) is 36.4 Å². The fourth-order valence-corrected chi connectivity index (χ4v) is 2.47. The molecule has 2 aromatic rings. The summed E-state index contributed by atoms with van der Waals surface area (Å²) in [5.41, 5.74) is 2.22. The summed E-state index contributed by atoms with van der Waals surface area (Å²) < 4.78 is 13.5. The molecule has 0 aliphatic heterocycles. The SMILES string of the molecule is Cc1ccc(NC(=O)CNC[C@@H](c2ccccc2)N(C)C)cc1F. The molecule has 128 valence electrons. The standard InChI is InChI=1S/C19H24FN3O/c1-14-9-10-16(11-17(14)20)22-19(24)13-21-12-18(23(2)3)15-7-5-4-6-8-15/h4-11,18,21H,12-13H2,1-3H3,(H,22,24)/t18-/m0/s1. The third-order valence-electron chi connectivity index (χ3n) is 3.89. The highest BCUT2D eigenvalue weighted by molar-refractivity contribution is 5.92. The van der Waals surface area contributed by atoms with Crippen LogP contribution in [0.1, 0.15) is 17.2 Å². The van der Waals surface area contributed by atoms with Gasteiger partial charge < -0.3 is 15.5 Å². The molecule has 0 aliphatic rings. The molecule has 1 atom stereocenters. The Morgan fingerprint density at radius 3 is 2.50 bits per heavy atom. The van der Waals surface area contributed by atoms with Gasteiger partial charge in [-0.05, 0) is 44.3 Å². The second kappa shape index (κ2) is 8.57. The first-order chi connectivity index (χ1) is 11.5. The zero-order chi connectivity index (χ0) is 17.5. The van der Waals surface area contributed by atoms with Gasteiger partial charge in [0.1, 0.15) is 5.82 Å². The lowest BCUT2D eigenvalue weighted by molar-refractivity contribution is -0.115. The average Bonchev–Trinajstić information content (AvgIpc) is 2.55. The van der Waals surface area contributed by atoms with E-state index in [4.69, 9.17) is 0 Å². The van der Waals surface area contributed by atoms with Crippen molar-refractivity contribution in [2.24, 2.45) is 0 Å². The maximum Gasteiger partial charge on any atom is 0.238 e. The van der Waals surface area contributed by atoms with Crippen LogP contribution in [0.5, 0.6) is 0 Å². The summed E-state index contributed by atoms with van der Waals surface area (Å²) in [6.07, 6.45) is 0. The van der Waals surface area contributed by atoms with Crippen LogP contribution in [-0.4, -0.2) is 38.0 Å². The molecular weight excluding hydrogens is 305 g/mol. The van der Waals surface area contributed by atoms with Crippen molar-refractivity contribution in [3.05, 3.63) is 65.5 Å². The van der Waals surface area contributed by atoms with Crippen LogP contribution in [0.25, 0.3) is 0 Å². The number of carbonyl (C=O) groups excluding carboxylic acids is 1. The number of halogens is 1. The molecule has 2 rings (SSSR count). The fraction of sp³-hybridized carbons (Fsp3) is 0.316. The van der Waals surface area contributed by atoms with Crippen molar-refractivity contribution in [1.29, 1.82) is 0 Å². The van der Waals surface area contributed by atoms with Crippen LogP contribution in [0, 0.1) is 12.7 Å². The molecule has 0 bridgehead atoms. The summed E-state index contributed by atoms with van der Waals surface area (Å²) >= 11 is 0. The summed E-state index contributed by atoms with van der Waals surface area (Å²) in [5.74, 6) is -0.513. The van der Waals surface area contributed by atoms with Gasteiger partial charge in [0.15, 0.2) is 0 Å². The van der Waals surface area contributed by atoms with Gasteiger partial charge in [0.2, 0.25) is 5.91 Å². The molecule has 0 saturated heterocycles. The predicted molar refractivity (Wildman–Crippen MR) is 95.5 cm³/mol. The summed E-state index contributed by atoms with van der Waals surface area (Å²) in [6, 6.07) is 15.0. The molecule has 0 saturated carbocycles. The zero-order valence-corrected chi connectivity index (χ0v) is 14.3. The number of likely N-dealkylation sites (N-methyl/N-ethyl adjacent to an activating group) is 1. The molecule has 1 amide bonds. The fourth-order valence-electron chi connectivity index (χ4n) is 2.47. The molecule has 2 N–H and O–H groups in total. The highest BCUT2D eigenvalue weighted by Crippen LogP contribution is 2.16. The van der Waals surface area contributed by atoms with E-state index in [9.17, 15) is 9.18 Å². The van der Waals surface area contributed by atoms with E-state index in [0.717, 1.165) is 0 Å².